The van der Waals surface area contributed by atoms with Crippen LogP contribution in [0.25, 0.3) is 121 Å². The van der Waals surface area contributed by atoms with Crippen LogP contribution in [0.3, 0.4) is 0 Å². The van der Waals surface area contributed by atoms with Gasteiger partial charge in [0.25, 0.3) is 0 Å². The number of hydrogen-bond donors (Lipinski definition) is 0. The minimum absolute atomic E-state index is 0.896. The molecule has 0 amide bonds. The summed E-state index contributed by atoms with van der Waals surface area (Å²) in [6.07, 6.45) is 0. The first kappa shape index (κ1) is 52.3. The summed E-state index contributed by atoms with van der Waals surface area (Å²) in [7, 11) is 0. The Morgan fingerprint density at radius 3 is 1.10 bits per heavy atom. The molecule has 0 aliphatic heterocycles. The average Bonchev–Trinajstić information content (AvgIpc) is 1.56. The second-order valence-corrected chi connectivity index (χ2v) is 23.1. The number of aromatic nitrogens is 3. The van der Waals surface area contributed by atoms with Crippen LogP contribution in [0.2, 0.25) is 0 Å². The zero-order valence-electron chi connectivity index (χ0n) is 49.1. The topological polar surface area (TPSA) is 29.2 Å². The first-order valence-electron chi connectivity index (χ1n) is 30.7. The Kier molecular flexibility index (Phi) is 12.8. The fourth-order valence-corrected chi connectivity index (χ4v) is 13.5. The molecule has 0 radical (unpaired) electrons. The zero-order chi connectivity index (χ0) is 59.5. The third kappa shape index (κ3) is 9.23. The van der Waals surface area contributed by atoms with E-state index in [2.05, 4.69) is 365 Å². The van der Waals surface area contributed by atoms with Gasteiger partial charge in [0, 0.05) is 78.0 Å². The molecule has 3 heterocycles. The molecule has 17 rings (SSSR count). The number of fused-ring (bicyclic) bond motifs is 8. The molecule has 0 atom stereocenters. The van der Waals surface area contributed by atoms with E-state index in [1.54, 1.807) is 0 Å². The van der Waals surface area contributed by atoms with Crippen molar-refractivity contribution in [2.75, 3.05) is 9.80 Å². The van der Waals surface area contributed by atoms with Gasteiger partial charge in [0.1, 0.15) is 0 Å². The number of pyridine rings is 1. The van der Waals surface area contributed by atoms with E-state index in [1.165, 1.54) is 60.0 Å². The predicted octanol–water partition coefficient (Wildman–Crippen LogP) is 23.2. The van der Waals surface area contributed by atoms with E-state index < -0.39 is 0 Å². The standard InChI is InChI=1S/C85H57N5/c1-5-19-58(20-6-1)61-35-41-68(42-36-61)87(72-48-51-84-78(55-72)74-29-15-17-31-82(74)89(84)66-25-9-3-10-26-66)69-45-39-63(40-46-69)81-57-76(65-34-33-60-23-13-14-24-64(60)53-65)77-54-71(47-50-80(77)86-81)88(70-43-37-62(38-44-70)59-21-7-2-8-22-59)73-49-52-85-79(56-73)75-30-16-18-32-83(75)90(85)67-27-11-4-12-28-67/h1-57H. The highest BCUT2D eigenvalue weighted by atomic mass is 15.1. The van der Waals surface area contributed by atoms with Crippen molar-refractivity contribution < 1.29 is 0 Å². The van der Waals surface area contributed by atoms with Gasteiger partial charge < -0.3 is 18.9 Å². The number of benzene rings is 14. The van der Waals surface area contributed by atoms with Crippen LogP contribution < -0.4 is 9.80 Å². The van der Waals surface area contributed by atoms with E-state index in [0.29, 0.717) is 0 Å². The largest absolute Gasteiger partial charge is 0.310 e. The van der Waals surface area contributed by atoms with E-state index in [4.69, 9.17) is 4.98 Å². The third-order valence-corrected chi connectivity index (χ3v) is 17.9. The molecular formula is C85H57N5. The van der Waals surface area contributed by atoms with Gasteiger partial charge in [0.2, 0.25) is 0 Å². The summed E-state index contributed by atoms with van der Waals surface area (Å²) < 4.78 is 4.75. The highest BCUT2D eigenvalue weighted by molar-refractivity contribution is 6.12. The molecule has 0 fully saturated rings. The maximum atomic E-state index is 5.57. The van der Waals surface area contributed by atoms with Gasteiger partial charge in [0.15, 0.2) is 0 Å². The molecule has 3 aromatic heterocycles. The van der Waals surface area contributed by atoms with Gasteiger partial charge in [-0.3, -0.25) is 0 Å². The van der Waals surface area contributed by atoms with Crippen LogP contribution in [-0.2, 0) is 0 Å². The zero-order valence-corrected chi connectivity index (χ0v) is 49.1. The van der Waals surface area contributed by atoms with Crippen molar-refractivity contribution in [3.63, 3.8) is 0 Å². The monoisotopic (exact) mass is 1150 g/mol. The van der Waals surface area contributed by atoms with E-state index in [9.17, 15) is 0 Å². The van der Waals surface area contributed by atoms with Crippen LogP contribution in [0.1, 0.15) is 0 Å². The maximum Gasteiger partial charge on any atom is 0.0717 e. The van der Waals surface area contributed by atoms with E-state index in [-0.39, 0.29) is 0 Å². The van der Waals surface area contributed by atoms with E-state index in [1.807, 2.05) is 0 Å². The minimum atomic E-state index is 0.896. The van der Waals surface area contributed by atoms with Gasteiger partial charge in [-0.05, 0) is 184 Å². The van der Waals surface area contributed by atoms with Gasteiger partial charge in [-0.15, -0.1) is 0 Å². The molecule has 0 bridgehead atoms. The molecule has 14 aromatic carbocycles. The third-order valence-electron chi connectivity index (χ3n) is 17.9. The van der Waals surface area contributed by atoms with Gasteiger partial charge >= 0.3 is 0 Å². The summed E-state index contributed by atoms with van der Waals surface area (Å²) in [5, 5.41) is 8.23. The lowest BCUT2D eigenvalue weighted by Gasteiger charge is -2.27. The van der Waals surface area contributed by atoms with Crippen molar-refractivity contribution in [1.29, 1.82) is 0 Å². The Labute approximate surface area is 522 Å². The summed E-state index contributed by atoms with van der Waals surface area (Å²) >= 11 is 0. The van der Waals surface area contributed by atoms with Gasteiger partial charge in [0.05, 0.1) is 33.3 Å². The highest BCUT2D eigenvalue weighted by Crippen LogP contribution is 2.45. The molecule has 0 N–H and O–H groups in total. The van der Waals surface area contributed by atoms with Crippen molar-refractivity contribution >= 4 is 99.4 Å². The molecule has 5 nitrogen and oxygen atoms in total. The molecule has 0 spiro atoms. The Morgan fingerprint density at radius 2 is 0.589 bits per heavy atom. The highest BCUT2D eigenvalue weighted by Gasteiger charge is 2.22. The number of hydrogen-bond acceptors (Lipinski definition) is 3. The molecule has 17 aromatic rings. The summed E-state index contributed by atoms with van der Waals surface area (Å²) in [5.74, 6) is 0. The summed E-state index contributed by atoms with van der Waals surface area (Å²) in [6.45, 7) is 0. The molecule has 0 aliphatic rings. The van der Waals surface area contributed by atoms with Crippen molar-refractivity contribution in [2.45, 2.75) is 0 Å². The lowest BCUT2D eigenvalue weighted by molar-refractivity contribution is 1.18. The molecular weight excluding hydrogens is 1090 g/mol. The fourth-order valence-electron chi connectivity index (χ4n) is 13.5. The second kappa shape index (κ2) is 22.0. The quantitative estimate of drug-likeness (QED) is 0.122. The Hall–Kier alpha value is -12.1. The summed E-state index contributed by atoms with van der Waals surface area (Å²) in [4.78, 5) is 10.4. The Balaban J connectivity index is 0.809. The molecule has 422 valence electrons. The molecule has 90 heavy (non-hydrogen) atoms. The van der Waals surface area contributed by atoms with Crippen molar-refractivity contribution in [1.82, 2.24) is 14.1 Å². The molecule has 0 saturated carbocycles. The van der Waals surface area contributed by atoms with Crippen LogP contribution in [0.4, 0.5) is 34.1 Å². The summed E-state index contributed by atoms with van der Waals surface area (Å²) in [5.41, 5.74) is 23.0. The van der Waals surface area contributed by atoms with Crippen LogP contribution in [-0.4, -0.2) is 14.1 Å². The van der Waals surface area contributed by atoms with Gasteiger partial charge in [-0.25, -0.2) is 4.98 Å². The first-order valence-corrected chi connectivity index (χ1v) is 30.7. The minimum Gasteiger partial charge on any atom is -0.310 e. The lowest BCUT2D eigenvalue weighted by Crippen LogP contribution is -2.10. The predicted molar refractivity (Wildman–Crippen MR) is 379 cm³/mol. The van der Waals surface area contributed by atoms with Crippen molar-refractivity contribution in [3.8, 4) is 56.0 Å². The second-order valence-electron chi connectivity index (χ2n) is 23.1. The fraction of sp³-hybridized carbons (Fsp3) is 0. The van der Waals surface area contributed by atoms with E-state index >= 15 is 0 Å². The van der Waals surface area contributed by atoms with Crippen molar-refractivity contribution in [3.05, 3.63) is 346 Å². The number of nitrogens with zero attached hydrogens (tertiary/aromatic N) is 5. The van der Waals surface area contributed by atoms with E-state index in [0.717, 1.165) is 95.4 Å². The van der Waals surface area contributed by atoms with Crippen LogP contribution in [0.5, 0.6) is 0 Å². The number of rotatable bonds is 12. The van der Waals surface area contributed by atoms with Crippen LogP contribution in [0.15, 0.2) is 346 Å². The van der Waals surface area contributed by atoms with Gasteiger partial charge in [-0.2, -0.15) is 0 Å². The Morgan fingerprint density at radius 1 is 0.222 bits per heavy atom. The SMILES string of the molecule is c1ccc(-c2ccc(N(c3ccc(-c4cc(-c5ccc6ccccc6c5)c5cc(N(c6ccc(-c7ccccc7)cc6)c6ccc7c(c6)c6ccccc6n7-c6ccccc6)ccc5n4)cc3)c3ccc4c(c3)c3ccccc3n4-c3ccccc3)cc2)cc1. The van der Waals surface area contributed by atoms with Gasteiger partial charge in [-0.1, -0.05) is 206 Å². The number of para-hydroxylation sites is 4. The molecule has 0 unspecified atom stereocenters. The van der Waals surface area contributed by atoms with Crippen LogP contribution >= 0.6 is 0 Å². The molecule has 0 saturated heterocycles. The molecule has 5 heteroatoms. The average molecular weight is 1150 g/mol. The molecule has 0 aliphatic carbocycles. The first-order chi connectivity index (χ1) is 44.6. The summed E-state index contributed by atoms with van der Waals surface area (Å²) in [6, 6.07) is 125. The normalized spacial score (nSPS) is 11.6. The smallest absolute Gasteiger partial charge is 0.0717 e. The van der Waals surface area contributed by atoms with Crippen LogP contribution in [0, 0.1) is 0 Å². The Bertz CT molecular complexity index is 5500. The maximum absolute atomic E-state index is 5.57. The lowest BCUT2D eigenvalue weighted by atomic mass is 9.95. The van der Waals surface area contributed by atoms with Crippen molar-refractivity contribution in [2.24, 2.45) is 0 Å². The number of anilines is 6.